The van der Waals surface area contributed by atoms with Gasteiger partial charge in [-0.1, -0.05) is 27.2 Å². The molecule has 0 atom stereocenters. The van der Waals surface area contributed by atoms with Gasteiger partial charge in [0.25, 0.3) is 0 Å². The van der Waals surface area contributed by atoms with Gasteiger partial charge in [0.05, 0.1) is 13.2 Å². The summed E-state index contributed by atoms with van der Waals surface area (Å²) in [5, 5.41) is 17.3. The second-order valence-corrected chi connectivity index (χ2v) is 2.64. The molecule has 0 radical (unpaired) electrons. The van der Waals surface area contributed by atoms with Gasteiger partial charge in [-0.25, -0.2) is 0 Å². The van der Waals surface area contributed by atoms with Crippen LogP contribution in [0.25, 0.3) is 0 Å². The van der Waals surface area contributed by atoms with Crippen LogP contribution in [0.1, 0.15) is 33.6 Å². The Labute approximate surface area is 82.4 Å². The molecule has 0 heterocycles. The van der Waals surface area contributed by atoms with Crippen LogP contribution in [-0.4, -0.2) is 48.0 Å². The molecule has 0 rings (SSSR count). The van der Waals surface area contributed by atoms with Crippen molar-refractivity contribution >= 4 is 0 Å². The number of aliphatic hydroxyl groups is 2. The Balaban J connectivity index is 0. The summed E-state index contributed by atoms with van der Waals surface area (Å²) in [5.41, 5.74) is 0. The first-order chi connectivity index (χ1) is 6.35. The number of nitrogens with zero attached hydrogens (tertiary/aromatic N) is 1. The summed E-state index contributed by atoms with van der Waals surface area (Å²) in [6.45, 7) is 8.85. The van der Waals surface area contributed by atoms with Gasteiger partial charge in [0, 0.05) is 13.1 Å². The van der Waals surface area contributed by atoms with Crippen molar-refractivity contribution in [3.8, 4) is 0 Å². The highest BCUT2D eigenvalue weighted by Gasteiger charge is 2.00. The van der Waals surface area contributed by atoms with Crippen LogP contribution in [-0.2, 0) is 0 Å². The van der Waals surface area contributed by atoms with E-state index in [0.29, 0.717) is 13.1 Å². The Kier molecular flexibility index (Phi) is 17.0. The predicted molar refractivity (Wildman–Crippen MR) is 56.9 cm³/mol. The molecule has 0 bridgehead atoms. The summed E-state index contributed by atoms with van der Waals surface area (Å²) in [5.74, 6) is 0. The van der Waals surface area contributed by atoms with Crippen LogP contribution in [0, 0.1) is 0 Å². The first-order valence-electron chi connectivity index (χ1n) is 5.29. The minimum atomic E-state index is 0.184. The minimum Gasteiger partial charge on any atom is -0.395 e. The molecule has 0 aromatic heterocycles. The third-order valence-corrected chi connectivity index (χ3v) is 1.66. The zero-order valence-electron chi connectivity index (χ0n) is 9.29. The molecule has 0 spiro atoms. The standard InChI is InChI=1S/C8H19NO2.C2H6/c1-2-3-4-9(5-7-10)6-8-11;1-2/h10-11H,2-8H2,1H3;1-2H3. The third-order valence-electron chi connectivity index (χ3n) is 1.66. The van der Waals surface area contributed by atoms with Gasteiger partial charge < -0.3 is 10.2 Å². The van der Waals surface area contributed by atoms with Crippen molar-refractivity contribution in [2.75, 3.05) is 32.8 Å². The normalized spacial score (nSPS) is 9.69. The van der Waals surface area contributed by atoms with Gasteiger partial charge in [0.2, 0.25) is 0 Å². The maximum atomic E-state index is 8.64. The van der Waals surface area contributed by atoms with Crippen LogP contribution >= 0.6 is 0 Å². The highest BCUT2D eigenvalue weighted by atomic mass is 16.3. The van der Waals surface area contributed by atoms with E-state index in [4.69, 9.17) is 10.2 Å². The average Bonchev–Trinajstić information content (AvgIpc) is 2.18. The van der Waals surface area contributed by atoms with E-state index in [1.165, 1.54) is 0 Å². The predicted octanol–water partition coefficient (Wildman–Crippen LogP) is 1.10. The van der Waals surface area contributed by atoms with Crippen molar-refractivity contribution in [2.45, 2.75) is 33.6 Å². The molecule has 0 fully saturated rings. The maximum absolute atomic E-state index is 8.64. The van der Waals surface area contributed by atoms with Crippen molar-refractivity contribution < 1.29 is 10.2 Å². The van der Waals surface area contributed by atoms with Gasteiger partial charge in [-0.05, 0) is 13.0 Å². The molecule has 0 aliphatic carbocycles. The molecular formula is C10H25NO2. The number of unbranched alkanes of at least 4 members (excludes halogenated alkanes) is 1. The van der Waals surface area contributed by atoms with Crippen molar-refractivity contribution in [3.05, 3.63) is 0 Å². The zero-order chi connectivity index (χ0) is 10.5. The van der Waals surface area contributed by atoms with Crippen molar-refractivity contribution in [2.24, 2.45) is 0 Å². The average molecular weight is 191 g/mol. The molecule has 2 N–H and O–H groups in total. The Bertz CT molecular complexity index is 73.3. The fourth-order valence-corrected chi connectivity index (χ4v) is 1.000. The molecule has 0 aliphatic rings. The van der Waals surface area contributed by atoms with Crippen molar-refractivity contribution in [1.82, 2.24) is 4.90 Å². The minimum absolute atomic E-state index is 0.184. The topological polar surface area (TPSA) is 43.7 Å². The Morgan fingerprint density at radius 3 is 1.69 bits per heavy atom. The molecule has 13 heavy (non-hydrogen) atoms. The van der Waals surface area contributed by atoms with E-state index in [2.05, 4.69) is 11.8 Å². The summed E-state index contributed by atoms with van der Waals surface area (Å²) in [7, 11) is 0. The van der Waals surface area contributed by atoms with E-state index in [-0.39, 0.29) is 13.2 Å². The van der Waals surface area contributed by atoms with E-state index < -0.39 is 0 Å². The zero-order valence-corrected chi connectivity index (χ0v) is 9.29. The number of aliphatic hydroxyl groups excluding tert-OH is 2. The van der Waals surface area contributed by atoms with E-state index in [9.17, 15) is 0 Å². The maximum Gasteiger partial charge on any atom is 0.0558 e. The third kappa shape index (κ3) is 11.9. The van der Waals surface area contributed by atoms with Crippen LogP contribution < -0.4 is 0 Å². The first kappa shape index (κ1) is 15.4. The molecule has 0 unspecified atom stereocenters. The monoisotopic (exact) mass is 191 g/mol. The van der Waals surface area contributed by atoms with Crippen LogP contribution in [0.2, 0.25) is 0 Å². The van der Waals surface area contributed by atoms with E-state index in [1.807, 2.05) is 13.8 Å². The lowest BCUT2D eigenvalue weighted by Gasteiger charge is -2.19. The molecule has 3 nitrogen and oxygen atoms in total. The van der Waals surface area contributed by atoms with Gasteiger partial charge in [-0.15, -0.1) is 0 Å². The fraction of sp³-hybridized carbons (Fsp3) is 1.00. The van der Waals surface area contributed by atoms with Crippen molar-refractivity contribution in [3.63, 3.8) is 0 Å². The van der Waals surface area contributed by atoms with E-state index in [0.717, 1.165) is 19.4 Å². The Hall–Kier alpha value is -0.120. The second kappa shape index (κ2) is 14.4. The van der Waals surface area contributed by atoms with Gasteiger partial charge >= 0.3 is 0 Å². The molecule has 0 aromatic rings. The second-order valence-electron chi connectivity index (χ2n) is 2.64. The molecule has 0 aromatic carbocycles. The highest BCUT2D eigenvalue weighted by Crippen LogP contribution is 1.93. The lowest BCUT2D eigenvalue weighted by atomic mass is 10.3. The van der Waals surface area contributed by atoms with E-state index >= 15 is 0 Å². The number of rotatable bonds is 7. The number of hydrogen-bond acceptors (Lipinski definition) is 3. The van der Waals surface area contributed by atoms with E-state index in [1.54, 1.807) is 0 Å². The summed E-state index contributed by atoms with van der Waals surface area (Å²) in [6, 6.07) is 0. The van der Waals surface area contributed by atoms with Crippen LogP contribution in [0.3, 0.4) is 0 Å². The molecular weight excluding hydrogens is 166 g/mol. The van der Waals surface area contributed by atoms with Crippen LogP contribution in [0.4, 0.5) is 0 Å². The van der Waals surface area contributed by atoms with Crippen LogP contribution in [0.15, 0.2) is 0 Å². The number of hydrogen-bond donors (Lipinski definition) is 2. The smallest absolute Gasteiger partial charge is 0.0558 e. The van der Waals surface area contributed by atoms with Crippen molar-refractivity contribution in [1.29, 1.82) is 0 Å². The quantitative estimate of drug-likeness (QED) is 0.633. The summed E-state index contributed by atoms with van der Waals surface area (Å²) in [4.78, 5) is 2.07. The van der Waals surface area contributed by atoms with Crippen LogP contribution in [0.5, 0.6) is 0 Å². The van der Waals surface area contributed by atoms with Gasteiger partial charge in [0.1, 0.15) is 0 Å². The largest absolute Gasteiger partial charge is 0.395 e. The fourth-order valence-electron chi connectivity index (χ4n) is 1.000. The molecule has 3 heteroatoms. The molecule has 0 saturated heterocycles. The summed E-state index contributed by atoms with van der Waals surface area (Å²) < 4.78 is 0. The molecule has 0 saturated carbocycles. The first-order valence-corrected chi connectivity index (χ1v) is 5.29. The van der Waals surface area contributed by atoms with Gasteiger partial charge in [-0.3, -0.25) is 4.90 Å². The SMILES string of the molecule is CC.CCCCN(CCO)CCO. The Morgan fingerprint density at radius 2 is 1.38 bits per heavy atom. The van der Waals surface area contributed by atoms with Gasteiger partial charge in [-0.2, -0.15) is 0 Å². The summed E-state index contributed by atoms with van der Waals surface area (Å²) >= 11 is 0. The molecule has 0 amide bonds. The molecule has 82 valence electrons. The lowest BCUT2D eigenvalue weighted by Crippen LogP contribution is -2.30. The molecule has 0 aliphatic heterocycles. The lowest BCUT2D eigenvalue weighted by molar-refractivity contribution is 0.159. The highest BCUT2D eigenvalue weighted by molar-refractivity contribution is 4.55. The Morgan fingerprint density at radius 1 is 0.923 bits per heavy atom. The summed E-state index contributed by atoms with van der Waals surface area (Å²) in [6.07, 6.45) is 2.30. The van der Waals surface area contributed by atoms with Gasteiger partial charge in [0.15, 0.2) is 0 Å².